The molecule has 0 aromatic heterocycles. The average Bonchev–Trinajstić information content (AvgIpc) is 3.21. The highest BCUT2D eigenvalue weighted by Gasteiger charge is 2.75. The summed E-state index contributed by atoms with van der Waals surface area (Å²) in [5.41, 5.74) is -5.19. The van der Waals surface area contributed by atoms with Gasteiger partial charge in [-0.05, 0) is 54.8 Å². The summed E-state index contributed by atoms with van der Waals surface area (Å²) in [4.78, 5) is 70.0. The zero-order valence-electron chi connectivity index (χ0n) is 33.9. The van der Waals surface area contributed by atoms with Crippen molar-refractivity contribution in [2.24, 2.45) is 22.2 Å². The third-order valence-electron chi connectivity index (χ3n) is 13.6. The van der Waals surface area contributed by atoms with Crippen LogP contribution in [0, 0.1) is 22.2 Å². The van der Waals surface area contributed by atoms with Crippen LogP contribution >= 0.6 is 0 Å². The van der Waals surface area contributed by atoms with Crippen LogP contribution < -0.4 is 5.32 Å². The molecule has 13 nitrogen and oxygen atoms in total. The highest BCUT2D eigenvalue weighted by atomic mass is 16.6. The number of aliphatic hydroxyl groups excluding tert-OH is 2. The highest BCUT2D eigenvalue weighted by molar-refractivity contribution is 5.96. The van der Waals surface area contributed by atoms with Crippen LogP contribution in [0.3, 0.4) is 0 Å². The number of Topliss-reactive ketones (excluding diaryl/α,β-unsaturated/α-hetero) is 1. The van der Waals surface area contributed by atoms with Crippen LogP contribution in [-0.4, -0.2) is 93.7 Å². The molecule has 1 heterocycles. The summed E-state index contributed by atoms with van der Waals surface area (Å²) in [6.45, 7) is 9.54. The topological polar surface area (TPSA) is 195 Å². The van der Waals surface area contributed by atoms with Crippen LogP contribution in [0.25, 0.3) is 0 Å². The van der Waals surface area contributed by atoms with E-state index < -0.39 is 106 Å². The van der Waals surface area contributed by atoms with E-state index in [1.54, 1.807) is 119 Å². The van der Waals surface area contributed by atoms with Gasteiger partial charge in [-0.3, -0.25) is 14.4 Å². The Kier molecular flexibility index (Phi) is 11.0. The van der Waals surface area contributed by atoms with E-state index in [9.17, 15) is 34.5 Å². The fraction of sp³-hybridized carbons (Fsp3) is 0.457. The predicted molar refractivity (Wildman–Crippen MR) is 211 cm³/mol. The number of carbonyl (C=O) groups is 5. The summed E-state index contributed by atoms with van der Waals surface area (Å²) in [6, 6.07) is 23.5. The maximum absolute atomic E-state index is 15.3. The second-order valence-electron chi connectivity index (χ2n) is 17.3. The van der Waals surface area contributed by atoms with Gasteiger partial charge < -0.3 is 39.6 Å². The first-order valence-electron chi connectivity index (χ1n) is 19.9. The summed E-state index contributed by atoms with van der Waals surface area (Å²) in [7, 11) is 0. The van der Waals surface area contributed by atoms with E-state index >= 15 is 4.79 Å². The summed E-state index contributed by atoms with van der Waals surface area (Å²) in [5.74, 6) is -5.13. The smallest absolute Gasteiger partial charge is 0.338 e. The molecule has 0 unspecified atom stereocenters. The van der Waals surface area contributed by atoms with Crippen molar-refractivity contribution in [2.45, 2.75) is 103 Å². The lowest BCUT2D eigenvalue weighted by Crippen LogP contribution is -2.78. The molecule has 3 aromatic rings. The second-order valence-corrected chi connectivity index (χ2v) is 17.3. The normalized spacial score (nSPS) is 33.0. The van der Waals surface area contributed by atoms with Crippen LogP contribution in [0.5, 0.6) is 0 Å². The number of nitrogens with one attached hydrogen (secondary N) is 1. The third-order valence-corrected chi connectivity index (χ3v) is 13.6. The minimum Gasteiger partial charge on any atom is -0.456 e. The number of esters is 3. The van der Waals surface area contributed by atoms with Gasteiger partial charge in [0.2, 0.25) is 0 Å². The molecule has 59 heavy (non-hydrogen) atoms. The number of hydrogen-bond donors (Lipinski definition) is 4. The SMILES string of the molecule is CC(=O)O[C@H]1C(=O)[C@@]2(C)[C@H]([C@H](OC(=O)c3ccccc3)[C@]3(O)C[C@H](OC(=O)[C@H](O)[C@H](NC(=O)c4ccccc4)c4ccccc4)C(C)=C1C3(C)C)[C@]1(C)CO[C@@H]1C[C@@H]2O. The second kappa shape index (κ2) is 15.4. The summed E-state index contributed by atoms with van der Waals surface area (Å²) >= 11 is 0. The predicted octanol–water partition coefficient (Wildman–Crippen LogP) is 4.44. The first-order chi connectivity index (χ1) is 27.9. The molecule has 3 aliphatic carbocycles. The van der Waals surface area contributed by atoms with E-state index in [1.165, 1.54) is 0 Å². The quantitative estimate of drug-likeness (QED) is 0.135. The Morgan fingerprint density at radius 1 is 0.847 bits per heavy atom. The Bertz CT molecular complexity index is 2160. The number of ether oxygens (including phenoxy) is 4. The molecule has 13 heteroatoms. The largest absolute Gasteiger partial charge is 0.456 e. The van der Waals surface area contributed by atoms with E-state index in [1.807, 2.05) is 6.92 Å². The van der Waals surface area contributed by atoms with Crippen LogP contribution in [0.2, 0.25) is 0 Å². The minimum atomic E-state index is -2.19. The number of rotatable bonds is 9. The summed E-state index contributed by atoms with van der Waals surface area (Å²) < 4.78 is 24.4. The van der Waals surface area contributed by atoms with E-state index in [-0.39, 0.29) is 35.3 Å². The van der Waals surface area contributed by atoms with Crippen LogP contribution in [0.15, 0.2) is 102 Å². The van der Waals surface area contributed by atoms with Crippen LogP contribution in [-0.2, 0) is 33.3 Å². The Labute approximate surface area is 342 Å². The van der Waals surface area contributed by atoms with Crippen molar-refractivity contribution in [1.29, 1.82) is 0 Å². The molecule has 3 aromatic carbocycles. The van der Waals surface area contributed by atoms with Crippen LogP contribution in [0.4, 0.5) is 0 Å². The molecular weight excluding hydrogens is 759 g/mol. The highest BCUT2D eigenvalue weighted by Crippen LogP contribution is 2.66. The Morgan fingerprint density at radius 3 is 1.98 bits per heavy atom. The molecule has 1 amide bonds. The lowest BCUT2D eigenvalue weighted by Gasteiger charge is -2.68. The lowest BCUT2D eigenvalue weighted by atomic mass is 9.42. The molecule has 2 saturated carbocycles. The number of fused-ring (bicyclic) bond motifs is 5. The molecule has 0 spiro atoms. The van der Waals surface area contributed by atoms with Crippen molar-refractivity contribution in [3.05, 3.63) is 119 Å². The first kappa shape index (κ1) is 41.9. The fourth-order valence-corrected chi connectivity index (χ4v) is 10.2. The number of amides is 1. The van der Waals surface area contributed by atoms with E-state index in [0.717, 1.165) is 6.92 Å². The van der Waals surface area contributed by atoms with Crippen molar-refractivity contribution < 1.29 is 58.2 Å². The van der Waals surface area contributed by atoms with Crippen molar-refractivity contribution in [3.63, 3.8) is 0 Å². The van der Waals surface area contributed by atoms with Crippen LogP contribution in [0.1, 0.15) is 86.7 Å². The summed E-state index contributed by atoms with van der Waals surface area (Å²) in [6.07, 6.45) is -8.86. The molecule has 3 fully saturated rings. The first-order valence-corrected chi connectivity index (χ1v) is 19.9. The molecule has 2 bridgehead atoms. The van der Waals surface area contributed by atoms with Crippen molar-refractivity contribution in [3.8, 4) is 0 Å². The van der Waals surface area contributed by atoms with Gasteiger partial charge in [0.05, 0.1) is 35.8 Å². The molecule has 0 radical (unpaired) electrons. The Balaban J connectivity index is 1.36. The maximum Gasteiger partial charge on any atom is 0.338 e. The van der Waals surface area contributed by atoms with Gasteiger partial charge in [-0.15, -0.1) is 0 Å². The molecule has 1 aliphatic heterocycles. The zero-order chi connectivity index (χ0) is 42.7. The van der Waals surface area contributed by atoms with E-state index in [2.05, 4.69) is 5.32 Å². The standard InChI is InChI=1S/C46H51NO12/c1-25-30(58-42(54)35(50)34(27-16-10-7-11-17-27)47-40(52)28-18-12-8-13-19-28)23-46(55)39(59-41(53)29-20-14-9-15-21-29)37-44(5)24-56-32(44)22-31(49)45(37,6)38(51)36(57-26(2)48)33(25)43(46,3)4/h7-21,30-32,34-37,39,49-50,55H,22-24H2,1-6H3,(H,47,52)/t30-,31-,32+,34+,35+,36+,37+,39-,44+,45+,46+/m0/s1. The van der Waals surface area contributed by atoms with Crippen molar-refractivity contribution in [1.82, 2.24) is 5.32 Å². The maximum atomic E-state index is 15.3. The monoisotopic (exact) mass is 809 g/mol. The number of benzene rings is 3. The van der Waals surface area contributed by atoms with Gasteiger partial charge in [0.15, 0.2) is 18.0 Å². The molecule has 11 atom stereocenters. The molecule has 4 N–H and O–H groups in total. The average molecular weight is 810 g/mol. The molecule has 1 saturated heterocycles. The van der Waals surface area contributed by atoms with Gasteiger partial charge in [-0.2, -0.15) is 0 Å². The van der Waals surface area contributed by atoms with Gasteiger partial charge >= 0.3 is 17.9 Å². The number of hydrogen-bond acceptors (Lipinski definition) is 12. The molecule has 4 aliphatic rings. The summed E-state index contributed by atoms with van der Waals surface area (Å²) in [5, 5.41) is 40.0. The van der Waals surface area contributed by atoms with E-state index in [0.29, 0.717) is 5.56 Å². The van der Waals surface area contributed by atoms with Crippen molar-refractivity contribution >= 4 is 29.6 Å². The number of ketones is 1. The fourth-order valence-electron chi connectivity index (χ4n) is 10.2. The Hall–Kier alpha value is -5.21. The third kappa shape index (κ3) is 6.87. The van der Waals surface area contributed by atoms with Gasteiger partial charge in [0, 0.05) is 42.1 Å². The number of aliphatic hydroxyl groups is 3. The van der Waals surface area contributed by atoms with E-state index in [4.69, 9.17) is 18.9 Å². The number of carbonyl (C=O) groups excluding carboxylic acids is 5. The van der Waals surface area contributed by atoms with Gasteiger partial charge in [-0.1, -0.05) is 87.5 Å². The minimum absolute atomic E-state index is 0.0583. The van der Waals surface area contributed by atoms with Crippen molar-refractivity contribution in [2.75, 3.05) is 6.61 Å². The van der Waals surface area contributed by atoms with Gasteiger partial charge in [-0.25, -0.2) is 9.59 Å². The molecular formula is C46H51NO12. The zero-order valence-corrected chi connectivity index (χ0v) is 33.9. The molecule has 312 valence electrons. The molecule has 7 rings (SSSR count). The Morgan fingerprint density at radius 2 is 1.42 bits per heavy atom. The lowest BCUT2D eigenvalue weighted by molar-refractivity contribution is -0.313. The van der Waals surface area contributed by atoms with Gasteiger partial charge in [0.25, 0.3) is 5.91 Å². The van der Waals surface area contributed by atoms with Gasteiger partial charge in [0.1, 0.15) is 17.8 Å².